The van der Waals surface area contributed by atoms with E-state index in [0.29, 0.717) is 10.5 Å². The first kappa shape index (κ1) is 14.6. The van der Waals surface area contributed by atoms with Crippen LogP contribution < -0.4 is 5.32 Å². The summed E-state index contributed by atoms with van der Waals surface area (Å²) in [6, 6.07) is 8.42. The number of hydrogen-bond donors (Lipinski definition) is 1. The van der Waals surface area contributed by atoms with E-state index in [9.17, 15) is 4.79 Å². The summed E-state index contributed by atoms with van der Waals surface area (Å²) in [6.07, 6.45) is 10.2. The zero-order chi connectivity index (χ0) is 16.1. The van der Waals surface area contributed by atoms with Gasteiger partial charge in [-0.2, -0.15) is 0 Å². The maximum atomic E-state index is 12.3. The highest BCUT2D eigenvalue weighted by Crippen LogP contribution is 2.60. The fourth-order valence-corrected chi connectivity index (χ4v) is 6.42. The fourth-order valence-electron chi connectivity index (χ4n) is 5.89. The molecule has 0 aliphatic heterocycles. The number of amides is 1. The Morgan fingerprint density at radius 3 is 2.21 bits per heavy atom. The van der Waals surface area contributed by atoms with Crippen LogP contribution in [0, 0.1) is 17.8 Å². The Kier molecular flexibility index (Phi) is 3.30. The lowest BCUT2D eigenvalue weighted by Gasteiger charge is -2.57. The van der Waals surface area contributed by atoms with Crippen molar-refractivity contribution in [3.63, 3.8) is 0 Å². The second-order valence-electron chi connectivity index (χ2n) is 8.07. The van der Waals surface area contributed by atoms with E-state index in [1.807, 2.05) is 17.5 Å². The smallest absolute Gasteiger partial charge is 0.257 e. The summed E-state index contributed by atoms with van der Waals surface area (Å²) in [5.41, 5.74) is 2.59. The number of hydrogen-bond acceptors (Lipinski definition) is 3. The standard InChI is InChI=1S/C20H22N2OS/c23-18(22-19-21-5-6-24-19)16-1-3-17(4-2-16)20-10-13-7-14(11-20)9-15(8-13)12-20/h1-6,13-15H,7-12H2,(H,21,22,23). The number of carbonyl (C=O) groups is 1. The molecule has 4 fully saturated rings. The van der Waals surface area contributed by atoms with E-state index >= 15 is 0 Å². The van der Waals surface area contributed by atoms with Crippen molar-refractivity contribution in [3.8, 4) is 0 Å². The highest BCUT2D eigenvalue weighted by Gasteiger charge is 2.51. The van der Waals surface area contributed by atoms with Crippen LogP contribution in [0.15, 0.2) is 35.8 Å². The minimum Gasteiger partial charge on any atom is -0.298 e. The summed E-state index contributed by atoms with van der Waals surface area (Å²) >= 11 is 1.44. The van der Waals surface area contributed by atoms with Crippen molar-refractivity contribution < 1.29 is 4.79 Å². The molecule has 1 N–H and O–H groups in total. The molecule has 4 aliphatic rings. The van der Waals surface area contributed by atoms with Gasteiger partial charge in [-0.15, -0.1) is 11.3 Å². The first-order valence-corrected chi connectivity index (χ1v) is 9.90. The summed E-state index contributed by atoms with van der Waals surface area (Å²) < 4.78 is 0. The van der Waals surface area contributed by atoms with Gasteiger partial charge < -0.3 is 0 Å². The predicted octanol–water partition coefficient (Wildman–Crippen LogP) is 4.86. The highest BCUT2D eigenvalue weighted by molar-refractivity contribution is 7.13. The van der Waals surface area contributed by atoms with Gasteiger partial charge >= 0.3 is 0 Å². The summed E-state index contributed by atoms with van der Waals surface area (Å²) in [5, 5.41) is 5.39. The van der Waals surface area contributed by atoms with Gasteiger partial charge in [0, 0.05) is 17.1 Å². The normalized spacial score (nSPS) is 33.6. The zero-order valence-electron chi connectivity index (χ0n) is 13.7. The van der Waals surface area contributed by atoms with Gasteiger partial charge in [0.05, 0.1) is 0 Å². The van der Waals surface area contributed by atoms with Crippen molar-refractivity contribution in [2.75, 3.05) is 5.32 Å². The minimum absolute atomic E-state index is 0.0676. The number of benzene rings is 1. The van der Waals surface area contributed by atoms with Crippen LogP contribution in [0.1, 0.15) is 54.4 Å². The molecule has 1 aromatic carbocycles. The lowest BCUT2D eigenvalue weighted by molar-refractivity contribution is -0.00519. The number of anilines is 1. The van der Waals surface area contributed by atoms with Gasteiger partial charge in [-0.1, -0.05) is 12.1 Å². The molecule has 2 aromatic rings. The Hall–Kier alpha value is -1.68. The van der Waals surface area contributed by atoms with Crippen molar-refractivity contribution in [2.24, 2.45) is 17.8 Å². The second-order valence-corrected chi connectivity index (χ2v) is 8.96. The molecule has 3 nitrogen and oxygen atoms in total. The van der Waals surface area contributed by atoms with Gasteiger partial charge in [-0.3, -0.25) is 10.1 Å². The van der Waals surface area contributed by atoms with Crippen LogP contribution in [0.4, 0.5) is 5.13 Å². The average molecular weight is 338 g/mol. The van der Waals surface area contributed by atoms with Crippen molar-refractivity contribution in [1.82, 2.24) is 4.98 Å². The zero-order valence-corrected chi connectivity index (χ0v) is 14.5. The van der Waals surface area contributed by atoms with E-state index < -0.39 is 0 Å². The number of rotatable bonds is 3. The van der Waals surface area contributed by atoms with Gasteiger partial charge in [0.25, 0.3) is 5.91 Å². The van der Waals surface area contributed by atoms with E-state index in [2.05, 4.69) is 22.4 Å². The summed E-state index contributed by atoms with van der Waals surface area (Å²) in [6.45, 7) is 0. The fraction of sp³-hybridized carbons (Fsp3) is 0.500. The molecule has 0 atom stereocenters. The first-order valence-electron chi connectivity index (χ1n) is 9.02. The Labute approximate surface area is 146 Å². The van der Waals surface area contributed by atoms with Crippen molar-refractivity contribution in [3.05, 3.63) is 47.0 Å². The topological polar surface area (TPSA) is 42.0 Å². The average Bonchev–Trinajstić information content (AvgIpc) is 3.07. The number of aromatic nitrogens is 1. The van der Waals surface area contributed by atoms with E-state index in [0.717, 1.165) is 23.3 Å². The maximum absolute atomic E-state index is 12.3. The van der Waals surface area contributed by atoms with E-state index in [4.69, 9.17) is 0 Å². The highest BCUT2D eigenvalue weighted by atomic mass is 32.1. The molecule has 24 heavy (non-hydrogen) atoms. The van der Waals surface area contributed by atoms with Crippen molar-refractivity contribution in [2.45, 2.75) is 43.9 Å². The predicted molar refractivity (Wildman–Crippen MR) is 96.4 cm³/mol. The number of nitrogens with zero attached hydrogens (tertiary/aromatic N) is 1. The Balaban J connectivity index is 1.38. The lowest BCUT2D eigenvalue weighted by atomic mass is 9.48. The maximum Gasteiger partial charge on any atom is 0.257 e. The summed E-state index contributed by atoms with van der Waals surface area (Å²) in [7, 11) is 0. The summed E-state index contributed by atoms with van der Waals surface area (Å²) in [4.78, 5) is 16.4. The van der Waals surface area contributed by atoms with Gasteiger partial charge in [-0.25, -0.2) is 4.98 Å². The molecule has 6 rings (SSSR count). The van der Waals surface area contributed by atoms with Gasteiger partial charge in [-0.05, 0) is 79.4 Å². The quantitative estimate of drug-likeness (QED) is 0.868. The number of carbonyl (C=O) groups excluding carboxylic acids is 1. The Bertz CT molecular complexity index is 715. The van der Waals surface area contributed by atoms with Gasteiger partial charge in [0.15, 0.2) is 5.13 Å². The van der Waals surface area contributed by atoms with Crippen LogP contribution in [0.5, 0.6) is 0 Å². The van der Waals surface area contributed by atoms with Crippen molar-refractivity contribution >= 4 is 22.4 Å². The number of nitrogens with one attached hydrogen (secondary N) is 1. The molecule has 124 valence electrons. The van der Waals surface area contributed by atoms with Crippen LogP contribution >= 0.6 is 11.3 Å². The van der Waals surface area contributed by atoms with Crippen LogP contribution in [0.2, 0.25) is 0 Å². The molecular weight excluding hydrogens is 316 g/mol. The van der Waals surface area contributed by atoms with Crippen LogP contribution in [-0.4, -0.2) is 10.9 Å². The minimum atomic E-state index is -0.0676. The third kappa shape index (κ3) is 2.39. The first-order chi connectivity index (χ1) is 11.7. The monoisotopic (exact) mass is 338 g/mol. The van der Waals surface area contributed by atoms with Crippen LogP contribution in [-0.2, 0) is 5.41 Å². The van der Waals surface area contributed by atoms with E-state index in [-0.39, 0.29) is 5.91 Å². The van der Waals surface area contributed by atoms with Crippen molar-refractivity contribution in [1.29, 1.82) is 0 Å². The summed E-state index contributed by atoms with van der Waals surface area (Å²) in [5.74, 6) is 2.78. The molecule has 1 amide bonds. The molecule has 0 unspecified atom stereocenters. The third-order valence-electron chi connectivity index (χ3n) is 6.45. The molecule has 0 saturated heterocycles. The largest absolute Gasteiger partial charge is 0.298 e. The van der Waals surface area contributed by atoms with Crippen LogP contribution in [0.3, 0.4) is 0 Å². The molecule has 0 spiro atoms. The molecule has 1 aromatic heterocycles. The van der Waals surface area contributed by atoms with Crippen LogP contribution in [0.25, 0.3) is 0 Å². The molecular formula is C20H22N2OS. The Morgan fingerprint density at radius 1 is 1.04 bits per heavy atom. The molecule has 1 heterocycles. The van der Waals surface area contributed by atoms with E-state index in [1.54, 1.807) is 6.20 Å². The van der Waals surface area contributed by atoms with E-state index in [1.165, 1.54) is 55.4 Å². The molecule has 4 heteroatoms. The second kappa shape index (κ2) is 5.41. The Morgan fingerprint density at radius 2 is 1.67 bits per heavy atom. The SMILES string of the molecule is O=C(Nc1nccs1)c1ccc(C23CC4CC(CC(C4)C2)C3)cc1. The molecule has 0 radical (unpaired) electrons. The molecule has 4 saturated carbocycles. The van der Waals surface area contributed by atoms with Gasteiger partial charge in [0.2, 0.25) is 0 Å². The van der Waals surface area contributed by atoms with Gasteiger partial charge in [0.1, 0.15) is 0 Å². The molecule has 4 aliphatic carbocycles. The third-order valence-corrected chi connectivity index (χ3v) is 7.14. The number of thiazole rings is 1. The molecule has 4 bridgehead atoms. The lowest BCUT2D eigenvalue weighted by Crippen LogP contribution is -2.48.